The van der Waals surface area contributed by atoms with Gasteiger partial charge in [0.25, 0.3) is 5.91 Å². The number of thiazole rings is 1. The van der Waals surface area contributed by atoms with Crippen molar-refractivity contribution in [3.05, 3.63) is 40.4 Å². The van der Waals surface area contributed by atoms with E-state index in [9.17, 15) is 9.59 Å². The fourth-order valence-electron chi connectivity index (χ4n) is 1.99. The Labute approximate surface area is 144 Å². The van der Waals surface area contributed by atoms with Crippen molar-refractivity contribution in [2.24, 2.45) is 0 Å². The van der Waals surface area contributed by atoms with Gasteiger partial charge in [0.2, 0.25) is 0 Å². The van der Waals surface area contributed by atoms with E-state index in [-0.39, 0.29) is 5.91 Å². The highest BCUT2D eigenvalue weighted by Gasteiger charge is 2.20. The Kier molecular flexibility index (Phi) is 5.92. The number of hydrogen-bond donors (Lipinski definition) is 1. The lowest BCUT2D eigenvalue weighted by Crippen LogP contribution is -2.30. The minimum Gasteiger partial charge on any atom is -0.481 e. The van der Waals surface area contributed by atoms with Crippen LogP contribution in [-0.4, -0.2) is 29.6 Å². The molecule has 0 fully saturated rings. The molecule has 0 aliphatic heterocycles. The second kappa shape index (κ2) is 7.92. The third-order valence-corrected chi connectivity index (χ3v) is 4.21. The number of ether oxygens (including phenoxy) is 2. The number of carbonyl (C=O) groups is 2. The highest BCUT2D eigenvalue weighted by atomic mass is 32.1. The predicted molar refractivity (Wildman–Crippen MR) is 92.7 cm³/mol. The van der Waals surface area contributed by atoms with Crippen LogP contribution in [0.2, 0.25) is 0 Å². The highest BCUT2D eigenvalue weighted by molar-refractivity contribution is 7.17. The van der Waals surface area contributed by atoms with Crippen LogP contribution >= 0.6 is 11.3 Å². The number of aromatic nitrogens is 1. The fraction of sp³-hybridized carbons (Fsp3) is 0.353. The second-order valence-electron chi connectivity index (χ2n) is 5.22. The number of aryl methyl sites for hydroxylation is 2. The molecule has 6 nitrogen and oxygen atoms in total. The largest absolute Gasteiger partial charge is 0.481 e. The van der Waals surface area contributed by atoms with Gasteiger partial charge < -0.3 is 9.47 Å². The predicted octanol–water partition coefficient (Wildman–Crippen LogP) is 3.34. The van der Waals surface area contributed by atoms with E-state index < -0.39 is 12.1 Å². The second-order valence-corrected chi connectivity index (χ2v) is 6.22. The molecule has 1 amide bonds. The zero-order valence-corrected chi connectivity index (χ0v) is 14.9. The van der Waals surface area contributed by atoms with E-state index in [0.717, 1.165) is 16.9 Å². The summed E-state index contributed by atoms with van der Waals surface area (Å²) in [6, 6.07) is 7.47. The van der Waals surface area contributed by atoms with Crippen LogP contribution in [0, 0.1) is 13.8 Å². The molecule has 0 bridgehead atoms. The van der Waals surface area contributed by atoms with E-state index in [1.165, 1.54) is 0 Å². The molecule has 1 aromatic heterocycles. The van der Waals surface area contributed by atoms with Crippen LogP contribution in [0.3, 0.4) is 0 Å². The average molecular weight is 348 g/mol. The van der Waals surface area contributed by atoms with Gasteiger partial charge in [-0.3, -0.25) is 10.1 Å². The molecule has 1 aromatic carbocycles. The van der Waals surface area contributed by atoms with E-state index in [4.69, 9.17) is 9.47 Å². The van der Waals surface area contributed by atoms with Crippen LogP contribution in [0.1, 0.15) is 34.8 Å². The number of esters is 1. The highest BCUT2D eigenvalue weighted by Crippen LogP contribution is 2.24. The van der Waals surface area contributed by atoms with Crippen LogP contribution in [0.15, 0.2) is 24.3 Å². The van der Waals surface area contributed by atoms with Gasteiger partial charge in [0.15, 0.2) is 11.2 Å². The van der Waals surface area contributed by atoms with Crippen LogP contribution in [0.4, 0.5) is 5.13 Å². The zero-order chi connectivity index (χ0) is 17.7. The van der Waals surface area contributed by atoms with Crippen molar-refractivity contribution in [3.8, 4) is 5.75 Å². The molecule has 0 aliphatic carbocycles. The van der Waals surface area contributed by atoms with Crippen molar-refractivity contribution in [3.63, 3.8) is 0 Å². The lowest BCUT2D eigenvalue weighted by Gasteiger charge is -2.14. The first-order valence-electron chi connectivity index (χ1n) is 7.59. The average Bonchev–Trinajstić information content (AvgIpc) is 2.88. The Morgan fingerprint density at radius 1 is 1.33 bits per heavy atom. The summed E-state index contributed by atoms with van der Waals surface area (Å²) in [6.07, 6.45) is -0.693. The maximum atomic E-state index is 12.2. The van der Waals surface area contributed by atoms with Crippen LogP contribution in [-0.2, 0) is 9.53 Å². The number of nitrogens with one attached hydrogen (secondary N) is 1. The first-order valence-corrected chi connectivity index (χ1v) is 8.41. The number of nitrogens with zero attached hydrogens (tertiary/aromatic N) is 1. The van der Waals surface area contributed by atoms with Crippen molar-refractivity contribution >= 4 is 28.3 Å². The van der Waals surface area contributed by atoms with Crippen LogP contribution < -0.4 is 10.1 Å². The van der Waals surface area contributed by atoms with Crippen molar-refractivity contribution in [1.82, 2.24) is 4.98 Å². The number of carbonyl (C=O) groups excluding carboxylic acids is 2. The molecular formula is C17H20N2O4S. The summed E-state index contributed by atoms with van der Waals surface area (Å²) < 4.78 is 10.6. The molecule has 0 radical (unpaired) electrons. The molecule has 2 rings (SSSR count). The van der Waals surface area contributed by atoms with Gasteiger partial charge in [0.1, 0.15) is 10.6 Å². The first-order chi connectivity index (χ1) is 11.4. The summed E-state index contributed by atoms with van der Waals surface area (Å²) in [7, 11) is 0. The molecule has 1 N–H and O–H groups in total. The molecule has 24 heavy (non-hydrogen) atoms. The van der Waals surface area contributed by atoms with Gasteiger partial charge >= 0.3 is 5.97 Å². The molecule has 0 spiro atoms. The van der Waals surface area contributed by atoms with Gasteiger partial charge in [-0.1, -0.05) is 23.5 Å². The first kappa shape index (κ1) is 17.9. The van der Waals surface area contributed by atoms with E-state index in [2.05, 4.69) is 10.3 Å². The minimum absolute atomic E-state index is 0.291. The maximum absolute atomic E-state index is 12.2. The summed E-state index contributed by atoms with van der Waals surface area (Å²) in [4.78, 5) is 28.6. The topological polar surface area (TPSA) is 77.5 Å². The number of benzene rings is 1. The van der Waals surface area contributed by atoms with Gasteiger partial charge in [0, 0.05) is 0 Å². The summed E-state index contributed by atoms with van der Waals surface area (Å²) >= 11 is 1.09. The SMILES string of the molecule is CCOC(=O)c1sc(NC(=O)C(C)Oc2cccc(C)c2)nc1C. The summed E-state index contributed by atoms with van der Waals surface area (Å²) in [6.45, 7) is 7.34. The zero-order valence-electron chi connectivity index (χ0n) is 14.1. The van der Waals surface area contributed by atoms with Crippen molar-refractivity contribution in [2.75, 3.05) is 11.9 Å². The monoisotopic (exact) mass is 348 g/mol. The molecule has 128 valence electrons. The number of anilines is 1. The smallest absolute Gasteiger partial charge is 0.350 e. The van der Waals surface area contributed by atoms with Crippen molar-refractivity contribution < 1.29 is 19.1 Å². The number of amides is 1. The van der Waals surface area contributed by atoms with E-state index >= 15 is 0 Å². The Morgan fingerprint density at radius 2 is 2.08 bits per heavy atom. The molecule has 2 aromatic rings. The van der Waals surface area contributed by atoms with Gasteiger partial charge in [-0.25, -0.2) is 9.78 Å². The summed E-state index contributed by atoms with van der Waals surface area (Å²) in [5.74, 6) is -0.141. The van der Waals surface area contributed by atoms with Gasteiger partial charge in [-0.15, -0.1) is 0 Å². The van der Waals surface area contributed by atoms with Crippen LogP contribution in [0.5, 0.6) is 5.75 Å². The lowest BCUT2D eigenvalue weighted by atomic mass is 10.2. The Balaban J connectivity index is 2.01. The van der Waals surface area contributed by atoms with E-state index in [1.807, 2.05) is 25.1 Å². The van der Waals surface area contributed by atoms with E-state index in [0.29, 0.717) is 28.1 Å². The Morgan fingerprint density at radius 3 is 2.75 bits per heavy atom. The number of hydrogen-bond acceptors (Lipinski definition) is 6. The van der Waals surface area contributed by atoms with Crippen molar-refractivity contribution in [1.29, 1.82) is 0 Å². The standard InChI is InChI=1S/C17H20N2O4S/c1-5-22-16(21)14-11(3)18-17(24-14)19-15(20)12(4)23-13-8-6-7-10(2)9-13/h6-9,12H,5H2,1-4H3,(H,18,19,20). The molecule has 0 aliphatic rings. The van der Waals surface area contributed by atoms with Gasteiger partial charge in [-0.2, -0.15) is 0 Å². The summed E-state index contributed by atoms with van der Waals surface area (Å²) in [5, 5.41) is 3.02. The minimum atomic E-state index is -0.693. The Hall–Kier alpha value is -2.41. The lowest BCUT2D eigenvalue weighted by molar-refractivity contribution is -0.122. The molecular weight excluding hydrogens is 328 g/mol. The summed E-state index contributed by atoms with van der Waals surface area (Å²) in [5.41, 5.74) is 1.58. The third kappa shape index (κ3) is 4.55. The Bertz CT molecular complexity index is 742. The molecule has 1 atom stereocenters. The van der Waals surface area contributed by atoms with Crippen molar-refractivity contribution in [2.45, 2.75) is 33.8 Å². The normalized spacial score (nSPS) is 11.7. The number of rotatable bonds is 6. The third-order valence-electron chi connectivity index (χ3n) is 3.16. The molecule has 0 saturated carbocycles. The maximum Gasteiger partial charge on any atom is 0.350 e. The molecule has 0 saturated heterocycles. The van der Waals surface area contributed by atoms with Crippen LogP contribution in [0.25, 0.3) is 0 Å². The fourth-order valence-corrected chi connectivity index (χ4v) is 2.85. The molecule has 1 heterocycles. The van der Waals surface area contributed by atoms with E-state index in [1.54, 1.807) is 26.8 Å². The van der Waals surface area contributed by atoms with Gasteiger partial charge in [-0.05, 0) is 45.4 Å². The quantitative estimate of drug-likeness (QED) is 0.810. The molecule has 7 heteroatoms. The van der Waals surface area contributed by atoms with Gasteiger partial charge in [0.05, 0.1) is 12.3 Å². The molecule has 1 unspecified atom stereocenters.